The van der Waals surface area contributed by atoms with E-state index in [0.29, 0.717) is 24.1 Å². The summed E-state index contributed by atoms with van der Waals surface area (Å²) in [5, 5.41) is 2.76. The lowest BCUT2D eigenvalue weighted by Crippen LogP contribution is -2.30. The van der Waals surface area contributed by atoms with Gasteiger partial charge in [-0.2, -0.15) is 0 Å². The molecule has 0 saturated carbocycles. The van der Waals surface area contributed by atoms with Crippen molar-refractivity contribution in [2.75, 3.05) is 11.1 Å². The minimum absolute atomic E-state index is 0.0769. The first-order valence-corrected chi connectivity index (χ1v) is 10.8. The quantitative estimate of drug-likeness (QED) is 0.644. The van der Waals surface area contributed by atoms with Gasteiger partial charge in [-0.25, -0.2) is 15.0 Å². The van der Waals surface area contributed by atoms with Gasteiger partial charge in [-0.05, 0) is 30.9 Å². The number of anilines is 1. The average molecular weight is 413 g/mol. The molecule has 0 saturated heterocycles. The van der Waals surface area contributed by atoms with Crippen LogP contribution >= 0.6 is 23.1 Å². The minimum Gasteiger partial charge on any atom is -0.294 e. The van der Waals surface area contributed by atoms with Crippen LogP contribution < -0.4 is 5.32 Å². The zero-order chi connectivity index (χ0) is 19.9. The highest BCUT2D eigenvalue weighted by Gasteiger charge is 2.33. The molecular weight excluding hydrogens is 392 g/mol. The third-order valence-electron chi connectivity index (χ3n) is 4.58. The number of nitrogens with zero attached hydrogens (tertiary/aromatic N) is 3. The Balaban J connectivity index is 1.46. The summed E-state index contributed by atoms with van der Waals surface area (Å²) < 4.78 is 1.96. The van der Waals surface area contributed by atoms with Crippen LogP contribution in [-0.4, -0.2) is 32.4 Å². The van der Waals surface area contributed by atoms with Crippen molar-refractivity contribution in [3.8, 4) is 0 Å². The van der Waals surface area contributed by atoms with Crippen LogP contribution in [-0.2, 0) is 11.2 Å². The largest absolute Gasteiger partial charge is 0.294 e. The molecule has 28 heavy (non-hydrogen) atoms. The number of para-hydroxylation sites is 1. The summed E-state index contributed by atoms with van der Waals surface area (Å²) in [6, 6.07) is 7.90. The Labute approximate surface area is 171 Å². The number of aryl methyl sites for hydroxylation is 1. The molecule has 0 fully saturated rings. The van der Waals surface area contributed by atoms with Crippen LogP contribution in [0.15, 0.2) is 28.6 Å². The van der Waals surface area contributed by atoms with Gasteiger partial charge in [-0.15, -0.1) is 11.3 Å². The van der Waals surface area contributed by atoms with Gasteiger partial charge in [0.15, 0.2) is 10.1 Å². The summed E-state index contributed by atoms with van der Waals surface area (Å²) >= 11 is 2.96. The number of thioether (sulfide) groups is 1. The summed E-state index contributed by atoms with van der Waals surface area (Å²) in [7, 11) is 0. The molecule has 1 aliphatic rings. The fourth-order valence-corrected chi connectivity index (χ4v) is 5.29. The number of amides is 1. The van der Waals surface area contributed by atoms with Crippen molar-refractivity contribution in [3.63, 3.8) is 0 Å². The second kappa shape index (κ2) is 7.25. The fraction of sp³-hybridized carbons (Fsp3) is 0.350. The molecule has 1 aromatic carbocycles. The Morgan fingerprint density at radius 3 is 2.79 bits per heavy atom. The number of ketones is 1. The molecule has 144 valence electrons. The first kappa shape index (κ1) is 19.0. The van der Waals surface area contributed by atoms with Gasteiger partial charge in [0, 0.05) is 6.42 Å². The summed E-state index contributed by atoms with van der Waals surface area (Å²) in [4.78, 5) is 38.1. The molecule has 0 atom stereocenters. The van der Waals surface area contributed by atoms with Gasteiger partial charge < -0.3 is 0 Å². The van der Waals surface area contributed by atoms with E-state index in [0.717, 1.165) is 20.3 Å². The molecular formula is C20H20N4O2S2. The summed E-state index contributed by atoms with van der Waals surface area (Å²) in [6.45, 7) is 5.90. The van der Waals surface area contributed by atoms with Crippen LogP contribution in [0.25, 0.3) is 10.2 Å². The summed E-state index contributed by atoms with van der Waals surface area (Å²) in [5.41, 5.74) is 2.77. The van der Waals surface area contributed by atoms with Crippen molar-refractivity contribution < 1.29 is 9.59 Å². The number of benzene rings is 1. The van der Waals surface area contributed by atoms with Crippen molar-refractivity contribution >= 4 is 51.0 Å². The molecule has 1 amide bonds. The van der Waals surface area contributed by atoms with Gasteiger partial charge in [0.1, 0.15) is 0 Å². The highest BCUT2D eigenvalue weighted by molar-refractivity contribution is 8.01. The summed E-state index contributed by atoms with van der Waals surface area (Å²) in [6.07, 6.45) is 1.19. The molecule has 0 radical (unpaired) electrons. The Kier molecular flexibility index (Phi) is 4.93. The Bertz CT molecular complexity index is 1060. The van der Waals surface area contributed by atoms with Gasteiger partial charge in [0.25, 0.3) is 0 Å². The Hall–Kier alpha value is -2.32. The molecule has 0 unspecified atom stereocenters. The number of hydrogen-bond donors (Lipinski definition) is 1. The zero-order valence-corrected chi connectivity index (χ0v) is 17.5. The highest BCUT2D eigenvalue weighted by atomic mass is 32.2. The topological polar surface area (TPSA) is 84.8 Å². The van der Waals surface area contributed by atoms with Crippen molar-refractivity contribution in [2.24, 2.45) is 5.41 Å². The van der Waals surface area contributed by atoms with Crippen LogP contribution in [0.5, 0.6) is 0 Å². The number of aromatic nitrogens is 3. The zero-order valence-electron chi connectivity index (χ0n) is 15.9. The second-order valence-corrected chi connectivity index (χ2v) is 9.93. The van der Waals surface area contributed by atoms with Gasteiger partial charge in [-0.1, -0.05) is 37.7 Å². The van der Waals surface area contributed by atoms with E-state index in [4.69, 9.17) is 0 Å². The SMILES string of the molecule is Cc1nc(NC(=O)CSc2nc3ccccc3s2)nc2c1C(=O)CC(C)(C)C2. The molecule has 3 aromatic rings. The fourth-order valence-electron chi connectivity index (χ4n) is 3.42. The second-order valence-electron chi connectivity index (χ2n) is 7.68. The van der Waals surface area contributed by atoms with E-state index >= 15 is 0 Å². The predicted molar refractivity (Wildman–Crippen MR) is 112 cm³/mol. The number of rotatable bonds is 4. The molecule has 2 aromatic heterocycles. The van der Waals surface area contributed by atoms with E-state index < -0.39 is 0 Å². The van der Waals surface area contributed by atoms with Crippen LogP contribution in [0.1, 0.15) is 42.0 Å². The highest BCUT2D eigenvalue weighted by Crippen LogP contribution is 2.35. The van der Waals surface area contributed by atoms with E-state index in [2.05, 4.69) is 34.1 Å². The maximum absolute atomic E-state index is 12.4. The molecule has 0 spiro atoms. The van der Waals surface area contributed by atoms with Crippen molar-refractivity contribution in [1.82, 2.24) is 15.0 Å². The molecule has 6 nitrogen and oxygen atoms in total. The number of carbonyl (C=O) groups excluding carboxylic acids is 2. The van der Waals surface area contributed by atoms with Crippen LogP contribution in [0, 0.1) is 12.3 Å². The third-order valence-corrected chi connectivity index (χ3v) is 6.76. The van der Waals surface area contributed by atoms with E-state index in [1.807, 2.05) is 24.3 Å². The molecule has 8 heteroatoms. The van der Waals surface area contributed by atoms with Gasteiger partial charge in [0.2, 0.25) is 11.9 Å². The smallest absolute Gasteiger partial charge is 0.237 e. The maximum Gasteiger partial charge on any atom is 0.237 e. The summed E-state index contributed by atoms with van der Waals surface area (Å²) in [5.74, 6) is 0.374. The molecule has 1 aliphatic carbocycles. The van der Waals surface area contributed by atoms with Crippen LogP contribution in [0.3, 0.4) is 0 Å². The lowest BCUT2D eigenvalue weighted by atomic mass is 9.75. The number of fused-ring (bicyclic) bond motifs is 2. The third kappa shape index (κ3) is 3.93. The van der Waals surface area contributed by atoms with E-state index in [1.165, 1.54) is 11.8 Å². The van der Waals surface area contributed by atoms with Crippen molar-refractivity contribution in [2.45, 2.75) is 38.0 Å². The molecule has 0 aliphatic heterocycles. The van der Waals surface area contributed by atoms with Crippen molar-refractivity contribution in [3.05, 3.63) is 41.2 Å². The van der Waals surface area contributed by atoms with Gasteiger partial charge in [0.05, 0.1) is 32.9 Å². The van der Waals surface area contributed by atoms with Gasteiger partial charge >= 0.3 is 0 Å². The standard InChI is InChI=1S/C20H20N4O2S2/c1-11-17-13(8-20(2,3)9-14(17)25)22-18(21-11)24-16(26)10-27-19-23-12-6-4-5-7-15(12)28-19/h4-7H,8-10H2,1-3H3,(H,21,22,24,26). The molecule has 0 bridgehead atoms. The molecule has 2 heterocycles. The molecule has 4 rings (SSSR count). The average Bonchev–Trinajstić information content (AvgIpc) is 3.01. The lowest BCUT2D eigenvalue weighted by Gasteiger charge is -2.30. The van der Waals surface area contributed by atoms with Gasteiger partial charge in [-0.3, -0.25) is 14.9 Å². The first-order valence-electron chi connectivity index (χ1n) is 9.00. The normalized spacial score (nSPS) is 15.5. The lowest BCUT2D eigenvalue weighted by molar-refractivity contribution is -0.113. The Morgan fingerprint density at radius 1 is 1.21 bits per heavy atom. The maximum atomic E-state index is 12.4. The predicted octanol–water partition coefficient (Wildman–Crippen LogP) is 4.28. The number of carbonyl (C=O) groups is 2. The minimum atomic E-state index is -0.190. The Morgan fingerprint density at radius 2 is 2.00 bits per heavy atom. The first-order chi connectivity index (χ1) is 13.3. The number of hydrogen-bond acceptors (Lipinski definition) is 7. The number of thiazole rings is 1. The number of nitrogens with one attached hydrogen (secondary N) is 1. The van der Waals surface area contributed by atoms with E-state index in [1.54, 1.807) is 18.3 Å². The van der Waals surface area contributed by atoms with Crippen molar-refractivity contribution in [1.29, 1.82) is 0 Å². The number of Topliss-reactive ketones (excluding diaryl/α,β-unsaturated/α-hetero) is 1. The monoisotopic (exact) mass is 412 g/mol. The molecule has 1 N–H and O–H groups in total. The van der Waals surface area contributed by atoms with Crippen LogP contribution in [0.2, 0.25) is 0 Å². The van der Waals surface area contributed by atoms with E-state index in [-0.39, 0.29) is 28.8 Å². The van der Waals surface area contributed by atoms with E-state index in [9.17, 15) is 9.59 Å². The van der Waals surface area contributed by atoms with Crippen LogP contribution in [0.4, 0.5) is 5.95 Å².